The van der Waals surface area contributed by atoms with E-state index in [1.54, 1.807) is 12.1 Å². The molecule has 0 radical (unpaired) electrons. The lowest BCUT2D eigenvalue weighted by Crippen LogP contribution is -2.46. The Labute approximate surface area is 126 Å². The maximum absolute atomic E-state index is 11.9. The van der Waals surface area contributed by atoms with Crippen molar-refractivity contribution in [1.29, 1.82) is 0 Å². The number of oxime groups is 1. The summed E-state index contributed by atoms with van der Waals surface area (Å²) >= 11 is 11.8. The number of amidine groups is 1. The molecule has 0 saturated carbocycles. The number of nitrogens with zero attached hydrogens (tertiary/aromatic N) is 1. The topological polar surface area (TPSA) is 99.7 Å². The second kappa shape index (κ2) is 7.81. The number of hydrogen-bond acceptors (Lipinski definition) is 3. The van der Waals surface area contributed by atoms with Crippen LogP contribution in [-0.4, -0.2) is 23.1 Å². The van der Waals surface area contributed by atoms with E-state index in [0.29, 0.717) is 22.2 Å². The Balaban J connectivity index is 2.73. The van der Waals surface area contributed by atoms with Gasteiger partial charge in [0.15, 0.2) is 5.84 Å². The van der Waals surface area contributed by atoms with Crippen LogP contribution in [0, 0.1) is 0 Å². The first-order chi connectivity index (χ1) is 9.47. The molecule has 0 aromatic heterocycles. The molecule has 6 nitrogen and oxygen atoms in total. The molecule has 1 rings (SSSR count). The lowest BCUT2D eigenvalue weighted by Gasteiger charge is -2.17. The summed E-state index contributed by atoms with van der Waals surface area (Å²) in [5.74, 6) is -0.0563. The average Bonchev–Trinajstić information content (AvgIpc) is 2.41. The number of halogens is 2. The van der Waals surface area contributed by atoms with Crippen molar-refractivity contribution >= 4 is 40.8 Å². The molecule has 2 amide bonds. The van der Waals surface area contributed by atoms with Gasteiger partial charge in [0.2, 0.25) is 0 Å². The lowest BCUT2D eigenvalue weighted by molar-refractivity contribution is 0.250. The number of rotatable bonds is 5. The molecule has 0 aliphatic heterocycles. The van der Waals surface area contributed by atoms with Gasteiger partial charge in [0.05, 0.1) is 16.8 Å². The second-order valence-corrected chi connectivity index (χ2v) is 4.93. The number of urea groups is 1. The monoisotopic (exact) mass is 318 g/mol. The van der Waals surface area contributed by atoms with E-state index in [9.17, 15) is 4.79 Å². The Bertz CT molecular complexity index is 508. The van der Waals surface area contributed by atoms with Crippen molar-refractivity contribution in [1.82, 2.24) is 5.32 Å². The molecule has 1 unspecified atom stereocenters. The van der Waals surface area contributed by atoms with Crippen LogP contribution in [0.4, 0.5) is 10.5 Å². The minimum atomic E-state index is -0.553. The van der Waals surface area contributed by atoms with Crippen molar-refractivity contribution in [2.75, 3.05) is 5.32 Å². The van der Waals surface area contributed by atoms with Crippen molar-refractivity contribution in [3.8, 4) is 0 Å². The molecule has 8 heteroatoms. The van der Waals surface area contributed by atoms with Crippen molar-refractivity contribution in [2.24, 2.45) is 10.9 Å². The molecule has 20 heavy (non-hydrogen) atoms. The Morgan fingerprint density at radius 1 is 1.50 bits per heavy atom. The van der Waals surface area contributed by atoms with Crippen LogP contribution in [0.3, 0.4) is 0 Å². The summed E-state index contributed by atoms with van der Waals surface area (Å²) in [6.45, 7) is 1.92. The molecule has 0 aliphatic rings. The second-order valence-electron chi connectivity index (χ2n) is 4.09. The van der Waals surface area contributed by atoms with Gasteiger partial charge >= 0.3 is 6.03 Å². The van der Waals surface area contributed by atoms with Gasteiger partial charge in [-0.1, -0.05) is 41.7 Å². The van der Waals surface area contributed by atoms with E-state index in [4.69, 9.17) is 34.1 Å². The molecule has 0 saturated heterocycles. The first-order valence-corrected chi connectivity index (χ1v) is 6.73. The average molecular weight is 319 g/mol. The minimum absolute atomic E-state index is 0.0563. The quantitative estimate of drug-likeness (QED) is 0.290. The fourth-order valence-electron chi connectivity index (χ4n) is 1.56. The molecule has 1 atom stereocenters. The van der Waals surface area contributed by atoms with E-state index in [1.165, 1.54) is 6.07 Å². The number of anilines is 1. The summed E-state index contributed by atoms with van der Waals surface area (Å²) in [6, 6.07) is 3.65. The highest BCUT2D eigenvalue weighted by molar-refractivity contribution is 6.35. The molecule has 1 aromatic rings. The fraction of sp³-hybridized carbons (Fsp3) is 0.333. The molecule has 0 spiro atoms. The van der Waals surface area contributed by atoms with Crippen LogP contribution in [0.15, 0.2) is 23.4 Å². The van der Waals surface area contributed by atoms with E-state index in [0.717, 1.165) is 6.42 Å². The zero-order valence-corrected chi connectivity index (χ0v) is 12.4. The van der Waals surface area contributed by atoms with Gasteiger partial charge in [-0.05, 0) is 24.6 Å². The summed E-state index contributed by atoms with van der Waals surface area (Å²) in [5.41, 5.74) is 5.89. The maximum atomic E-state index is 11.9. The van der Waals surface area contributed by atoms with Crippen LogP contribution in [-0.2, 0) is 0 Å². The van der Waals surface area contributed by atoms with Crippen LogP contribution in [0.5, 0.6) is 0 Å². The third-order valence-corrected chi connectivity index (χ3v) is 3.10. The van der Waals surface area contributed by atoms with E-state index in [1.807, 2.05) is 6.92 Å². The largest absolute Gasteiger partial charge is 0.409 e. The highest BCUT2D eigenvalue weighted by Crippen LogP contribution is 2.25. The van der Waals surface area contributed by atoms with Crippen LogP contribution < -0.4 is 16.4 Å². The summed E-state index contributed by atoms with van der Waals surface area (Å²) in [5, 5.41) is 17.5. The smallest absolute Gasteiger partial charge is 0.319 e. The molecule has 5 N–H and O–H groups in total. The SMILES string of the molecule is CCCC(NC(=O)Nc1cc(Cl)ccc1Cl)/C(N)=N/O. The Kier molecular flexibility index (Phi) is 6.41. The maximum Gasteiger partial charge on any atom is 0.319 e. The molecule has 0 bridgehead atoms. The van der Waals surface area contributed by atoms with Crippen LogP contribution in [0.25, 0.3) is 0 Å². The van der Waals surface area contributed by atoms with Gasteiger partial charge in [0.1, 0.15) is 0 Å². The highest BCUT2D eigenvalue weighted by Gasteiger charge is 2.16. The lowest BCUT2D eigenvalue weighted by atomic mass is 10.1. The number of benzene rings is 1. The predicted molar refractivity (Wildman–Crippen MR) is 80.7 cm³/mol. The molecular weight excluding hydrogens is 303 g/mol. The zero-order valence-electron chi connectivity index (χ0n) is 10.9. The molecule has 1 aromatic carbocycles. The molecular formula is C12H16Cl2N4O2. The molecule has 0 fully saturated rings. The van der Waals surface area contributed by atoms with Gasteiger partial charge in [0, 0.05) is 5.02 Å². The number of carbonyl (C=O) groups is 1. The normalized spacial score (nSPS) is 12.8. The number of nitrogens with two attached hydrogens (primary N) is 1. The highest BCUT2D eigenvalue weighted by atomic mass is 35.5. The van der Waals surface area contributed by atoms with Gasteiger partial charge in [-0.25, -0.2) is 4.79 Å². The van der Waals surface area contributed by atoms with Crippen molar-refractivity contribution < 1.29 is 10.0 Å². The van der Waals surface area contributed by atoms with Crippen LogP contribution >= 0.6 is 23.2 Å². The van der Waals surface area contributed by atoms with Gasteiger partial charge < -0.3 is 21.6 Å². The van der Waals surface area contributed by atoms with Gasteiger partial charge in [-0.3, -0.25) is 0 Å². The number of hydrogen-bond donors (Lipinski definition) is 4. The Morgan fingerprint density at radius 2 is 2.20 bits per heavy atom. The van der Waals surface area contributed by atoms with Crippen molar-refractivity contribution in [3.63, 3.8) is 0 Å². The molecule has 0 aliphatic carbocycles. The van der Waals surface area contributed by atoms with Crippen molar-refractivity contribution in [3.05, 3.63) is 28.2 Å². The molecule has 110 valence electrons. The van der Waals surface area contributed by atoms with E-state index in [-0.39, 0.29) is 5.84 Å². The van der Waals surface area contributed by atoms with Gasteiger partial charge in [-0.15, -0.1) is 0 Å². The van der Waals surface area contributed by atoms with E-state index >= 15 is 0 Å². The summed E-state index contributed by atoms with van der Waals surface area (Å²) in [7, 11) is 0. The third kappa shape index (κ3) is 4.79. The first kappa shape index (κ1) is 16.4. The Hall–Kier alpha value is -1.66. The Morgan fingerprint density at radius 3 is 2.80 bits per heavy atom. The van der Waals surface area contributed by atoms with Crippen LogP contribution in [0.1, 0.15) is 19.8 Å². The summed E-state index contributed by atoms with van der Waals surface area (Å²) < 4.78 is 0. The first-order valence-electron chi connectivity index (χ1n) is 5.98. The fourth-order valence-corrected chi connectivity index (χ4v) is 1.90. The van der Waals surface area contributed by atoms with Gasteiger partial charge in [-0.2, -0.15) is 0 Å². The van der Waals surface area contributed by atoms with Gasteiger partial charge in [0.25, 0.3) is 0 Å². The van der Waals surface area contributed by atoms with Crippen LogP contribution in [0.2, 0.25) is 10.0 Å². The van der Waals surface area contributed by atoms with E-state index < -0.39 is 12.1 Å². The minimum Gasteiger partial charge on any atom is -0.409 e. The zero-order chi connectivity index (χ0) is 15.1. The third-order valence-electron chi connectivity index (χ3n) is 2.53. The number of carbonyl (C=O) groups excluding carboxylic acids is 1. The van der Waals surface area contributed by atoms with Crippen molar-refractivity contribution in [2.45, 2.75) is 25.8 Å². The summed E-state index contributed by atoms with van der Waals surface area (Å²) in [6.07, 6.45) is 1.31. The number of nitrogens with one attached hydrogen (secondary N) is 2. The predicted octanol–water partition coefficient (Wildman–Crippen LogP) is 3.03. The van der Waals surface area contributed by atoms with E-state index in [2.05, 4.69) is 15.8 Å². The standard InChI is InChI=1S/C12H16Cl2N4O2/c1-2-3-9(11(15)18-20)16-12(19)17-10-6-7(13)4-5-8(10)14/h4-6,9,20H,2-3H2,1H3,(H2,15,18)(H2,16,17,19). The number of amides is 2. The molecule has 0 heterocycles. The summed E-state index contributed by atoms with van der Waals surface area (Å²) in [4.78, 5) is 11.9.